The van der Waals surface area contributed by atoms with E-state index in [9.17, 15) is 4.79 Å². The average Bonchev–Trinajstić information content (AvgIpc) is 3.18. The number of aromatic nitrogens is 2. The van der Waals surface area contributed by atoms with Gasteiger partial charge in [-0.2, -0.15) is 5.10 Å². The summed E-state index contributed by atoms with van der Waals surface area (Å²) in [6.07, 6.45) is 9.56. The second-order valence-electron chi connectivity index (χ2n) is 6.34. The number of likely N-dealkylation sites (tertiary alicyclic amines) is 1. The molecule has 1 atom stereocenters. The van der Waals surface area contributed by atoms with Crippen molar-refractivity contribution in [3.05, 3.63) is 12.4 Å². The highest BCUT2D eigenvalue weighted by atomic mass is 16.2. The minimum absolute atomic E-state index is 0.0586. The summed E-state index contributed by atoms with van der Waals surface area (Å²) in [6.45, 7) is 2.62. The molecule has 0 bridgehead atoms. The first kappa shape index (κ1) is 14.4. The van der Waals surface area contributed by atoms with Crippen LogP contribution >= 0.6 is 0 Å². The van der Waals surface area contributed by atoms with Gasteiger partial charge in [-0.05, 0) is 52.2 Å². The fourth-order valence-electron chi connectivity index (χ4n) is 2.79. The van der Waals surface area contributed by atoms with E-state index in [1.165, 1.54) is 19.4 Å². The standard InChI is InChI=1S/C15H25N5O/c1-19-7-2-3-12(6-8-19)17-14-9-16-20(10-14)11-15(21)18-13-4-5-13/h9-10,12-13,17H,2-8,11H2,1H3,(H,18,21). The Hall–Kier alpha value is -1.56. The van der Waals surface area contributed by atoms with Gasteiger partial charge < -0.3 is 15.5 Å². The molecule has 21 heavy (non-hydrogen) atoms. The van der Waals surface area contributed by atoms with E-state index < -0.39 is 0 Å². The van der Waals surface area contributed by atoms with Gasteiger partial charge in [-0.15, -0.1) is 0 Å². The Bertz CT molecular complexity index is 482. The Morgan fingerprint density at radius 3 is 2.95 bits per heavy atom. The van der Waals surface area contributed by atoms with Crippen LogP contribution < -0.4 is 10.6 Å². The number of anilines is 1. The number of rotatable bonds is 5. The minimum Gasteiger partial charge on any atom is -0.380 e. The molecule has 1 aromatic heterocycles. The van der Waals surface area contributed by atoms with Crippen molar-refractivity contribution in [2.24, 2.45) is 0 Å². The van der Waals surface area contributed by atoms with Gasteiger partial charge >= 0.3 is 0 Å². The van der Waals surface area contributed by atoms with Gasteiger partial charge in [0.25, 0.3) is 0 Å². The highest BCUT2D eigenvalue weighted by molar-refractivity contribution is 5.76. The van der Waals surface area contributed by atoms with E-state index in [1.807, 2.05) is 12.4 Å². The van der Waals surface area contributed by atoms with Gasteiger partial charge in [0.1, 0.15) is 6.54 Å². The molecule has 1 saturated heterocycles. The third kappa shape index (κ3) is 4.46. The maximum Gasteiger partial charge on any atom is 0.241 e. The quantitative estimate of drug-likeness (QED) is 0.851. The molecule has 6 heteroatoms. The summed E-state index contributed by atoms with van der Waals surface area (Å²) in [5, 5.41) is 10.8. The Balaban J connectivity index is 1.48. The van der Waals surface area contributed by atoms with Crippen molar-refractivity contribution >= 4 is 11.6 Å². The Kier molecular flexibility index (Phi) is 4.43. The van der Waals surface area contributed by atoms with Crippen LogP contribution in [0.15, 0.2) is 12.4 Å². The zero-order chi connectivity index (χ0) is 14.7. The number of carbonyl (C=O) groups excluding carboxylic acids is 1. The van der Waals surface area contributed by atoms with E-state index >= 15 is 0 Å². The summed E-state index contributed by atoms with van der Waals surface area (Å²) in [4.78, 5) is 14.1. The van der Waals surface area contributed by atoms with Crippen molar-refractivity contribution in [2.75, 3.05) is 25.5 Å². The first-order valence-corrected chi connectivity index (χ1v) is 7.96. The molecule has 2 heterocycles. The topological polar surface area (TPSA) is 62.2 Å². The molecule has 2 fully saturated rings. The molecule has 1 amide bonds. The monoisotopic (exact) mass is 291 g/mol. The SMILES string of the molecule is CN1CCCC(Nc2cnn(CC(=O)NC3CC3)c2)CC1. The van der Waals surface area contributed by atoms with Crippen molar-refractivity contribution in [3.63, 3.8) is 0 Å². The molecule has 2 N–H and O–H groups in total. The third-order valence-electron chi connectivity index (χ3n) is 4.20. The Morgan fingerprint density at radius 1 is 1.29 bits per heavy atom. The van der Waals surface area contributed by atoms with Crippen LogP contribution in [-0.2, 0) is 11.3 Å². The zero-order valence-electron chi connectivity index (χ0n) is 12.7. The predicted octanol–water partition coefficient (Wildman–Crippen LogP) is 1.06. The van der Waals surface area contributed by atoms with Crippen molar-refractivity contribution < 1.29 is 4.79 Å². The highest BCUT2D eigenvalue weighted by Gasteiger charge is 2.23. The Labute approximate surface area is 125 Å². The van der Waals surface area contributed by atoms with Gasteiger partial charge in [-0.25, -0.2) is 0 Å². The first-order valence-electron chi connectivity index (χ1n) is 7.96. The molecule has 0 radical (unpaired) electrons. The van der Waals surface area contributed by atoms with E-state index in [0.29, 0.717) is 18.6 Å². The van der Waals surface area contributed by atoms with Crippen molar-refractivity contribution in [1.29, 1.82) is 0 Å². The molecule has 2 aliphatic rings. The summed E-state index contributed by atoms with van der Waals surface area (Å²) < 4.78 is 1.71. The summed E-state index contributed by atoms with van der Waals surface area (Å²) in [5.74, 6) is 0.0586. The Morgan fingerprint density at radius 2 is 2.14 bits per heavy atom. The van der Waals surface area contributed by atoms with Crippen LogP contribution in [0.4, 0.5) is 5.69 Å². The number of hydrogen-bond donors (Lipinski definition) is 2. The van der Waals surface area contributed by atoms with Gasteiger partial charge in [0.05, 0.1) is 11.9 Å². The van der Waals surface area contributed by atoms with Gasteiger partial charge in [-0.3, -0.25) is 9.48 Å². The molecule has 116 valence electrons. The van der Waals surface area contributed by atoms with Crippen LogP contribution in [0.1, 0.15) is 32.1 Å². The fourth-order valence-corrected chi connectivity index (χ4v) is 2.79. The van der Waals surface area contributed by atoms with Gasteiger partial charge in [0.2, 0.25) is 5.91 Å². The van der Waals surface area contributed by atoms with E-state index in [-0.39, 0.29) is 5.91 Å². The summed E-state index contributed by atoms with van der Waals surface area (Å²) in [5.41, 5.74) is 1.02. The predicted molar refractivity (Wildman–Crippen MR) is 82.2 cm³/mol. The maximum absolute atomic E-state index is 11.7. The second kappa shape index (κ2) is 6.47. The van der Waals surface area contributed by atoms with Crippen LogP contribution in [0.3, 0.4) is 0 Å². The molecule has 0 spiro atoms. The molecule has 1 aliphatic carbocycles. The minimum atomic E-state index is 0.0586. The summed E-state index contributed by atoms with van der Waals surface area (Å²) in [6, 6.07) is 0.918. The van der Waals surface area contributed by atoms with Crippen LogP contribution in [-0.4, -0.2) is 52.8 Å². The van der Waals surface area contributed by atoms with Crippen LogP contribution in [0.5, 0.6) is 0 Å². The number of nitrogens with one attached hydrogen (secondary N) is 2. The smallest absolute Gasteiger partial charge is 0.241 e. The van der Waals surface area contributed by atoms with Crippen molar-refractivity contribution in [1.82, 2.24) is 20.0 Å². The number of amides is 1. The molecule has 6 nitrogen and oxygen atoms in total. The normalized spacial score (nSPS) is 23.6. The molecular formula is C15H25N5O. The lowest BCUT2D eigenvalue weighted by Crippen LogP contribution is -2.29. The molecule has 1 saturated carbocycles. The summed E-state index contributed by atoms with van der Waals surface area (Å²) in [7, 11) is 2.18. The van der Waals surface area contributed by atoms with Crippen LogP contribution in [0, 0.1) is 0 Å². The van der Waals surface area contributed by atoms with Crippen LogP contribution in [0.2, 0.25) is 0 Å². The van der Waals surface area contributed by atoms with E-state index in [4.69, 9.17) is 0 Å². The molecule has 3 rings (SSSR count). The second-order valence-corrected chi connectivity index (χ2v) is 6.34. The van der Waals surface area contributed by atoms with Gasteiger partial charge in [0, 0.05) is 18.3 Å². The maximum atomic E-state index is 11.7. The highest BCUT2D eigenvalue weighted by Crippen LogP contribution is 2.19. The number of nitrogens with zero attached hydrogens (tertiary/aromatic N) is 3. The zero-order valence-corrected chi connectivity index (χ0v) is 12.7. The molecule has 1 aromatic rings. The summed E-state index contributed by atoms with van der Waals surface area (Å²) >= 11 is 0. The lowest BCUT2D eigenvalue weighted by atomic mass is 10.1. The van der Waals surface area contributed by atoms with Gasteiger partial charge in [-0.1, -0.05) is 0 Å². The van der Waals surface area contributed by atoms with Gasteiger partial charge in [0.15, 0.2) is 0 Å². The fraction of sp³-hybridized carbons (Fsp3) is 0.733. The molecular weight excluding hydrogens is 266 g/mol. The first-order chi connectivity index (χ1) is 10.2. The average molecular weight is 291 g/mol. The number of hydrogen-bond acceptors (Lipinski definition) is 4. The van der Waals surface area contributed by atoms with Crippen molar-refractivity contribution in [2.45, 2.75) is 50.7 Å². The largest absolute Gasteiger partial charge is 0.380 e. The lowest BCUT2D eigenvalue weighted by Gasteiger charge is -2.16. The van der Waals surface area contributed by atoms with Crippen LogP contribution in [0.25, 0.3) is 0 Å². The molecule has 1 unspecified atom stereocenters. The van der Waals surface area contributed by atoms with Crippen molar-refractivity contribution in [3.8, 4) is 0 Å². The number of carbonyl (C=O) groups is 1. The third-order valence-corrected chi connectivity index (χ3v) is 4.20. The molecule has 1 aliphatic heterocycles. The van der Waals surface area contributed by atoms with E-state index in [2.05, 4.69) is 27.7 Å². The lowest BCUT2D eigenvalue weighted by molar-refractivity contribution is -0.122. The molecule has 0 aromatic carbocycles. The van der Waals surface area contributed by atoms with E-state index in [0.717, 1.165) is 31.5 Å². The van der Waals surface area contributed by atoms with E-state index in [1.54, 1.807) is 4.68 Å².